The Bertz CT molecular complexity index is 437. The minimum absolute atomic E-state index is 0.138. The van der Waals surface area contributed by atoms with Crippen LogP contribution in [0.2, 0.25) is 0 Å². The van der Waals surface area contributed by atoms with Gasteiger partial charge >= 0.3 is 11.2 Å². The first-order valence-corrected chi connectivity index (χ1v) is 5.99. The van der Waals surface area contributed by atoms with E-state index in [1.165, 1.54) is 0 Å². The molecule has 78 valence electrons. The Morgan fingerprint density at radius 1 is 1.43 bits per heavy atom. The topological polar surface area (TPSA) is 95.4 Å². The first-order chi connectivity index (χ1) is 6.39. The van der Waals surface area contributed by atoms with Gasteiger partial charge in [0.2, 0.25) is 14.2 Å². The van der Waals surface area contributed by atoms with Crippen molar-refractivity contribution >= 4 is 27.1 Å². The summed E-state index contributed by atoms with van der Waals surface area (Å²) in [7, 11) is -3.40. The molecule has 9 heteroatoms. The van der Waals surface area contributed by atoms with E-state index >= 15 is 0 Å². The van der Waals surface area contributed by atoms with Crippen LogP contribution in [0, 0.1) is 0 Å². The van der Waals surface area contributed by atoms with Gasteiger partial charge in [0.1, 0.15) is 0 Å². The fraction of sp³-hybridized carbons (Fsp3) is 0.400. The molecule has 0 saturated heterocycles. The van der Waals surface area contributed by atoms with E-state index in [1.807, 2.05) is 0 Å². The lowest BCUT2D eigenvalue weighted by Crippen LogP contribution is -2.02. The highest BCUT2D eigenvalue weighted by atomic mass is 32.2. The van der Waals surface area contributed by atoms with Crippen LogP contribution in [0.25, 0.3) is 0 Å². The summed E-state index contributed by atoms with van der Waals surface area (Å²) in [4.78, 5) is 18.8. The molecule has 1 aromatic heterocycles. The average molecular weight is 238 g/mol. The van der Waals surface area contributed by atoms with E-state index in [0.29, 0.717) is 11.3 Å². The lowest BCUT2D eigenvalue weighted by atomic mass is 10.8. The van der Waals surface area contributed by atoms with Crippen LogP contribution in [-0.4, -0.2) is 30.8 Å². The number of hydrogen-bond acceptors (Lipinski definition) is 8. The second-order valence-corrected chi connectivity index (χ2v) is 5.39. The average Bonchev–Trinajstić information content (AvgIpc) is 2.47. The van der Waals surface area contributed by atoms with E-state index in [9.17, 15) is 13.2 Å². The molecular formula is C5H6N2O5S2. The highest BCUT2D eigenvalue weighted by Crippen LogP contribution is 2.21. The number of sulfone groups is 1. The smallest absolute Gasteiger partial charge is 0.252 e. The van der Waals surface area contributed by atoms with Crippen LogP contribution in [-0.2, 0) is 19.5 Å². The molecule has 0 fully saturated rings. The lowest BCUT2D eigenvalue weighted by Gasteiger charge is -1.94. The summed E-state index contributed by atoms with van der Waals surface area (Å²) < 4.78 is 21.7. The van der Waals surface area contributed by atoms with Crippen molar-refractivity contribution in [3.05, 3.63) is 0 Å². The summed E-state index contributed by atoms with van der Waals surface area (Å²) in [5, 5.41) is 6.54. The minimum atomic E-state index is -3.40. The van der Waals surface area contributed by atoms with Gasteiger partial charge in [0.25, 0.3) is 0 Å². The van der Waals surface area contributed by atoms with Crippen molar-refractivity contribution in [1.29, 1.82) is 0 Å². The van der Waals surface area contributed by atoms with Crippen molar-refractivity contribution in [2.45, 2.75) is 11.3 Å². The van der Waals surface area contributed by atoms with Crippen molar-refractivity contribution < 1.29 is 23.0 Å². The molecular weight excluding hydrogens is 232 g/mol. The van der Waals surface area contributed by atoms with Crippen molar-refractivity contribution in [2.24, 2.45) is 0 Å². The first kappa shape index (κ1) is 10.9. The van der Waals surface area contributed by atoms with Gasteiger partial charge in [-0.25, -0.2) is 18.1 Å². The summed E-state index contributed by atoms with van der Waals surface area (Å²) in [5.74, 6) is -0.666. The van der Waals surface area contributed by atoms with Crippen LogP contribution in [0.4, 0.5) is 0 Å². The molecule has 0 radical (unpaired) electrons. The number of nitrogens with zero attached hydrogens (tertiary/aromatic N) is 2. The minimum Gasteiger partial charge on any atom is -0.252 e. The van der Waals surface area contributed by atoms with E-state index in [-0.39, 0.29) is 9.53 Å². The summed E-state index contributed by atoms with van der Waals surface area (Å²) in [6.45, 7) is 1.14. The molecule has 7 nitrogen and oxygen atoms in total. The van der Waals surface area contributed by atoms with E-state index in [1.54, 1.807) is 0 Å². The summed E-state index contributed by atoms with van der Waals surface area (Å²) in [5.41, 5.74) is 0. The summed E-state index contributed by atoms with van der Waals surface area (Å²) in [6.07, 6.45) is 0.989. The zero-order valence-electron chi connectivity index (χ0n) is 7.25. The molecule has 0 aliphatic rings. The van der Waals surface area contributed by atoms with Crippen molar-refractivity contribution in [3.63, 3.8) is 0 Å². The molecule has 0 saturated carbocycles. The Labute approximate surface area is 83.5 Å². The maximum absolute atomic E-state index is 10.9. The number of hydrogen-bond donors (Lipinski definition) is 0. The maximum Gasteiger partial charge on any atom is 0.352 e. The highest BCUT2D eigenvalue weighted by Gasteiger charge is 2.16. The Balaban J connectivity index is 2.74. The van der Waals surface area contributed by atoms with Crippen LogP contribution in [0.5, 0.6) is 5.19 Å². The molecule has 0 bridgehead atoms. The molecule has 0 N–H and O–H groups in total. The Morgan fingerprint density at radius 2 is 2.07 bits per heavy atom. The third-order valence-electron chi connectivity index (χ3n) is 0.935. The second kappa shape index (κ2) is 3.88. The van der Waals surface area contributed by atoms with Gasteiger partial charge in [0, 0.05) is 13.2 Å². The Kier molecular flexibility index (Phi) is 3.01. The molecule has 14 heavy (non-hydrogen) atoms. The molecule has 0 aliphatic carbocycles. The molecule has 1 rings (SSSR count). The van der Waals surface area contributed by atoms with E-state index < -0.39 is 15.8 Å². The predicted molar refractivity (Wildman–Crippen MR) is 45.4 cm³/mol. The highest BCUT2D eigenvalue weighted by molar-refractivity contribution is 7.92. The fourth-order valence-corrected chi connectivity index (χ4v) is 1.86. The van der Waals surface area contributed by atoms with Gasteiger partial charge < -0.3 is 0 Å². The third kappa shape index (κ3) is 2.92. The second-order valence-electron chi connectivity index (χ2n) is 2.26. The van der Waals surface area contributed by atoms with Crippen LogP contribution in [0.3, 0.4) is 0 Å². The van der Waals surface area contributed by atoms with Crippen LogP contribution in [0.15, 0.2) is 4.34 Å². The molecule has 0 spiro atoms. The van der Waals surface area contributed by atoms with Gasteiger partial charge in [-0.2, -0.15) is 0 Å². The van der Waals surface area contributed by atoms with Gasteiger partial charge in [-0.05, 0) is 11.3 Å². The zero-order valence-corrected chi connectivity index (χ0v) is 8.89. The Hall–Kier alpha value is -1.22. The number of carbonyl (C=O) groups excluding carboxylic acids is 1. The number of aromatic nitrogens is 2. The molecule has 1 heterocycles. The molecule has 0 amide bonds. The normalized spacial score (nSPS) is 11.0. The summed E-state index contributed by atoms with van der Waals surface area (Å²) >= 11 is 0.672. The quantitative estimate of drug-likeness (QED) is 0.531. The molecule has 0 unspecified atom stereocenters. The largest absolute Gasteiger partial charge is 0.352 e. The fourth-order valence-electron chi connectivity index (χ4n) is 0.475. The van der Waals surface area contributed by atoms with Crippen LogP contribution in [0.1, 0.15) is 6.92 Å². The molecule has 0 aliphatic heterocycles. The molecule has 1 aromatic rings. The van der Waals surface area contributed by atoms with E-state index in [4.69, 9.17) is 0 Å². The van der Waals surface area contributed by atoms with Crippen LogP contribution >= 0.6 is 11.3 Å². The maximum atomic E-state index is 10.9. The van der Waals surface area contributed by atoms with Crippen molar-refractivity contribution in [2.75, 3.05) is 6.26 Å². The van der Waals surface area contributed by atoms with Gasteiger partial charge in [0.15, 0.2) is 0 Å². The first-order valence-electron chi connectivity index (χ1n) is 3.28. The third-order valence-corrected chi connectivity index (χ3v) is 3.39. The van der Waals surface area contributed by atoms with Crippen LogP contribution < -0.4 is 4.89 Å². The number of rotatable bonds is 3. The Morgan fingerprint density at radius 3 is 2.50 bits per heavy atom. The van der Waals surface area contributed by atoms with Gasteiger partial charge in [-0.15, -0.1) is 5.10 Å². The van der Waals surface area contributed by atoms with Crippen molar-refractivity contribution in [3.8, 4) is 5.19 Å². The lowest BCUT2D eigenvalue weighted by molar-refractivity contribution is -0.211. The van der Waals surface area contributed by atoms with E-state index in [2.05, 4.69) is 20.0 Å². The number of carbonyl (C=O) groups is 1. The van der Waals surface area contributed by atoms with Gasteiger partial charge in [-0.1, -0.05) is 5.10 Å². The standard InChI is InChI=1S/C5H6N2O5S2/c1-3(8)11-12-4-6-7-5(13-4)14(2,9)10/h1-2H3. The van der Waals surface area contributed by atoms with Crippen molar-refractivity contribution in [1.82, 2.24) is 10.2 Å². The predicted octanol–water partition coefficient (Wildman–Crippen LogP) is -0.201. The SMILES string of the molecule is CC(=O)OOc1nnc(S(C)(=O)=O)s1. The van der Waals surface area contributed by atoms with Gasteiger partial charge in [-0.3, -0.25) is 4.89 Å². The molecule has 0 atom stereocenters. The van der Waals surface area contributed by atoms with E-state index in [0.717, 1.165) is 13.2 Å². The van der Waals surface area contributed by atoms with Gasteiger partial charge in [0.05, 0.1) is 0 Å². The monoisotopic (exact) mass is 238 g/mol. The molecule has 0 aromatic carbocycles. The summed E-state index contributed by atoms with van der Waals surface area (Å²) in [6, 6.07) is 0. The zero-order chi connectivity index (χ0) is 10.8.